The molecule has 0 fully saturated rings. The SMILES string of the molecule is O=C(NCc1ccccc1)c1ccc2c(c1)CN(Cc1ccsc1)CCO2. The van der Waals surface area contributed by atoms with E-state index in [2.05, 4.69) is 27.0 Å². The fourth-order valence-electron chi connectivity index (χ4n) is 3.25. The van der Waals surface area contributed by atoms with Gasteiger partial charge in [-0.25, -0.2) is 0 Å². The minimum Gasteiger partial charge on any atom is -0.492 e. The number of nitrogens with zero attached hydrogens (tertiary/aromatic N) is 1. The normalized spacial score (nSPS) is 14.1. The Morgan fingerprint density at radius 2 is 2.00 bits per heavy atom. The molecule has 1 aliphatic rings. The molecule has 1 amide bonds. The minimum absolute atomic E-state index is 0.0599. The zero-order chi connectivity index (χ0) is 18.5. The second-order valence-electron chi connectivity index (χ2n) is 6.68. The number of fused-ring (bicyclic) bond motifs is 1. The van der Waals surface area contributed by atoms with Gasteiger partial charge in [0.1, 0.15) is 12.4 Å². The van der Waals surface area contributed by atoms with Crippen molar-refractivity contribution in [2.45, 2.75) is 19.6 Å². The third kappa shape index (κ3) is 4.56. The lowest BCUT2D eigenvalue weighted by molar-refractivity contribution is 0.0950. The van der Waals surface area contributed by atoms with Gasteiger partial charge >= 0.3 is 0 Å². The molecule has 2 aromatic carbocycles. The minimum atomic E-state index is -0.0599. The predicted molar refractivity (Wildman–Crippen MR) is 108 cm³/mol. The van der Waals surface area contributed by atoms with E-state index in [1.54, 1.807) is 11.3 Å². The summed E-state index contributed by atoms with van der Waals surface area (Å²) >= 11 is 1.72. The van der Waals surface area contributed by atoms with E-state index in [1.807, 2.05) is 48.5 Å². The quantitative estimate of drug-likeness (QED) is 0.728. The molecule has 0 radical (unpaired) electrons. The second-order valence-corrected chi connectivity index (χ2v) is 7.46. The summed E-state index contributed by atoms with van der Waals surface area (Å²) in [6.07, 6.45) is 0. The van der Waals surface area contributed by atoms with Gasteiger partial charge in [-0.3, -0.25) is 9.69 Å². The van der Waals surface area contributed by atoms with Crippen molar-refractivity contribution in [2.75, 3.05) is 13.2 Å². The summed E-state index contributed by atoms with van der Waals surface area (Å²) < 4.78 is 5.89. The summed E-state index contributed by atoms with van der Waals surface area (Å²) in [5.74, 6) is 0.817. The number of nitrogens with one attached hydrogen (secondary N) is 1. The fraction of sp³-hybridized carbons (Fsp3) is 0.227. The monoisotopic (exact) mass is 378 g/mol. The number of carbonyl (C=O) groups is 1. The van der Waals surface area contributed by atoms with Crippen LogP contribution in [0.3, 0.4) is 0 Å². The zero-order valence-electron chi connectivity index (χ0n) is 15.1. The molecular weight excluding hydrogens is 356 g/mol. The number of benzene rings is 2. The third-order valence-electron chi connectivity index (χ3n) is 4.66. The van der Waals surface area contributed by atoms with E-state index < -0.39 is 0 Å². The van der Waals surface area contributed by atoms with Crippen LogP contribution in [-0.2, 0) is 19.6 Å². The third-order valence-corrected chi connectivity index (χ3v) is 5.40. The van der Waals surface area contributed by atoms with Crippen molar-refractivity contribution in [3.63, 3.8) is 0 Å². The van der Waals surface area contributed by atoms with Crippen molar-refractivity contribution in [3.05, 3.63) is 87.6 Å². The Morgan fingerprint density at radius 3 is 2.81 bits per heavy atom. The largest absolute Gasteiger partial charge is 0.492 e. The van der Waals surface area contributed by atoms with E-state index in [-0.39, 0.29) is 5.91 Å². The van der Waals surface area contributed by atoms with Gasteiger partial charge in [-0.2, -0.15) is 11.3 Å². The first-order chi connectivity index (χ1) is 13.3. The van der Waals surface area contributed by atoms with Gasteiger partial charge in [-0.1, -0.05) is 30.3 Å². The molecule has 3 aromatic rings. The maximum atomic E-state index is 12.6. The predicted octanol–water partition coefficient (Wildman–Crippen LogP) is 4.07. The van der Waals surface area contributed by atoms with Gasteiger partial charge in [0.25, 0.3) is 5.91 Å². The summed E-state index contributed by atoms with van der Waals surface area (Å²) in [6, 6.07) is 17.8. The van der Waals surface area contributed by atoms with Crippen LogP contribution in [0.2, 0.25) is 0 Å². The number of hydrogen-bond acceptors (Lipinski definition) is 4. The van der Waals surface area contributed by atoms with Crippen LogP contribution in [0.4, 0.5) is 0 Å². The molecule has 2 heterocycles. The van der Waals surface area contributed by atoms with Gasteiger partial charge < -0.3 is 10.1 Å². The molecule has 0 unspecified atom stereocenters. The average Bonchev–Trinajstić information content (AvgIpc) is 3.12. The fourth-order valence-corrected chi connectivity index (χ4v) is 3.91. The first-order valence-corrected chi connectivity index (χ1v) is 10.0. The second kappa shape index (κ2) is 8.37. The number of amides is 1. The van der Waals surface area contributed by atoms with Crippen molar-refractivity contribution >= 4 is 17.2 Å². The summed E-state index contributed by atoms with van der Waals surface area (Å²) in [7, 11) is 0. The molecular formula is C22H22N2O2S. The van der Waals surface area contributed by atoms with Gasteiger partial charge in [0.15, 0.2) is 0 Å². The van der Waals surface area contributed by atoms with E-state index >= 15 is 0 Å². The van der Waals surface area contributed by atoms with Crippen molar-refractivity contribution < 1.29 is 9.53 Å². The molecule has 5 heteroatoms. The Labute approximate surface area is 163 Å². The lowest BCUT2D eigenvalue weighted by Crippen LogP contribution is -2.25. The highest BCUT2D eigenvalue weighted by Crippen LogP contribution is 2.25. The summed E-state index contributed by atoms with van der Waals surface area (Å²) in [5, 5.41) is 7.28. The lowest BCUT2D eigenvalue weighted by Gasteiger charge is -2.18. The lowest BCUT2D eigenvalue weighted by atomic mass is 10.1. The summed E-state index contributed by atoms with van der Waals surface area (Å²) in [4.78, 5) is 14.9. The van der Waals surface area contributed by atoms with E-state index in [1.165, 1.54) is 5.56 Å². The standard InChI is InChI=1S/C22H22N2O2S/c25-22(23-13-17-4-2-1-3-5-17)19-6-7-21-20(12-19)15-24(9-10-26-21)14-18-8-11-27-16-18/h1-8,11-12,16H,9-10,13-15H2,(H,23,25). The number of thiophene rings is 1. The number of hydrogen-bond donors (Lipinski definition) is 1. The van der Waals surface area contributed by atoms with Crippen LogP contribution in [0.1, 0.15) is 27.0 Å². The molecule has 27 heavy (non-hydrogen) atoms. The Bertz CT molecular complexity index is 894. The molecule has 0 aliphatic carbocycles. The number of carbonyl (C=O) groups excluding carboxylic acids is 1. The van der Waals surface area contributed by atoms with E-state index in [0.717, 1.165) is 36.5 Å². The number of rotatable bonds is 5. The van der Waals surface area contributed by atoms with Crippen LogP contribution in [0.5, 0.6) is 5.75 Å². The Morgan fingerprint density at radius 1 is 1.11 bits per heavy atom. The molecule has 0 bridgehead atoms. The van der Waals surface area contributed by atoms with E-state index in [0.29, 0.717) is 18.7 Å². The van der Waals surface area contributed by atoms with Gasteiger partial charge in [-0.05, 0) is 46.2 Å². The van der Waals surface area contributed by atoms with Crippen molar-refractivity contribution in [3.8, 4) is 5.75 Å². The molecule has 1 aromatic heterocycles. The van der Waals surface area contributed by atoms with Crippen LogP contribution in [-0.4, -0.2) is 24.0 Å². The van der Waals surface area contributed by atoms with Crippen LogP contribution in [0.25, 0.3) is 0 Å². The highest BCUT2D eigenvalue weighted by Gasteiger charge is 2.18. The van der Waals surface area contributed by atoms with E-state index in [9.17, 15) is 4.79 Å². The van der Waals surface area contributed by atoms with Crippen molar-refractivity contribution in [1.29, 1.82) is 0 Å². The molecule has 0 atom stereocenters. The maximum absolute atomic E-state index is 12.6. The molecule has 0 saturated heterocycles. The molecule has 1 N–H and O–H groups in total. The van der Waals surface area contributed by atoms with Crippen molar-refractivity contribution in [1.82, 2.24) is 10.2 Å². The molecule has 4 nitrogen and oxygen atoms in total. The Hall–Kier alpha value is -2.63. The Kier molecular flexibility index (Phi) is 5.51. The van der Waals surface area contributed by atoms with Gasteiger partial charge in [0.2, 0.25) is 0 Å². The molecule has 1 aliphatic heterocycles. The van der Waals surface area contributed by atoms with Crippen LogP contribution < -0.4 is 10.1 Å². The number of ether oxygens (including phenoxy) is 1. The highest BCUT2D eigenvalue weighted by atomic mass is 32.1. The van der Waals surface area contributed by atoms with Crippen LogP contribution >= 0.6 is 11.3 Å². The van der Waals surface area contributed by atoms with Crippen LogP contribution in [0, 0.1) is 0 Å². The summed E-state index contributed by atoms with van der Waals surface area (Å²) in [5.41, 5.74) is 4.15. The van der Waals surface area contributed by atoms with Gasteiger partial charge in [-0.15, -0.1) is 0 Å². The first-order valence-electron chi connectivity index (χ1n) is 9.09. The smallest absolute Gasteiger partial charge is 0.251 e. The zero-order valence-corrected chi connectivity index (χ0v) is 15.9. The van der Waals surface area contributed by atoms with Crippen LogP contribution in [0.15, 0.2) is 65.4 Å². The molecule has 0 saturated carbocycles. The molecule has 0 spiro atoms. The topological polar surface area (TPSA) is 41.6 Å². The summed E-state index contributed by atoms with van der Waals surface area (Å²) in [6.45, 7) is 3.75. The first kappa shape index (κ1) is 17.8. The van der Waals surface area contributed by atoms with Gasteiger partial charge in [0, 0.05) is 37.3 Å². The molecule has 138 valence electrons. The highest BCUT2D eigenvalue weighted by molar-refractivity contribution is 7.07. The molecule has 4 rings (SSSR count). The maximum Gasteiger partial charge on any atom is 0.251 e. The van der Waals surface area contributed by atoms with E-state index in [4.69, 9.17) is 4.74 Å². The van der Waals surface area contributed by atoms with Crippen molar-refractivity contribution in [2.24, 2.45) is 0 Å². The Balaban J connectivity index is 1.45. The van der Waals surface area contributed by atoms with Gasteiger partial charge in [0.05, 0.1) is 0 Å². The average molecular weight is 378 g/mol.